The van der Waals surface area contributed by atoms with Gasteiger partial charge in [-0.1, -0.05) is 37.6 Å². The standard InChI is InChI=1S/C16H24FN/c1-2-10-16(17,12-18)11-14-8-5-7-13-6-3-4-9-15(13)14/h3-4,6,9,14H,2,5,7-8,10-12,18H2,1H3. The second-order valence-corrected chi connectivity index (χ2v) is 5.60. The SMILES string of the molecule is CCCC(F)(CN)CC1CCCc2ccccc21. The normalized spacial score (nSPS) is 22.3. The summed E-state index contributed by atoms with van der Waals surface area (Å²) in [6.45, 7) is 2.18. The van der Waals surface area contributed by atoms with Crippen LogP contribution in [0.1, 0.15) is 56.1 Å². The van der Waals surface area contributed by atoms with E-state index in [1.54, 1.807) is 0 Å². The summed E-state index contributed by atoms with van der Waals surface area (Å²) < 4.78 is 14.7. The Hall–Kier alpha value is -0.890. The van der Waals surface area contributed by atoms with E-state index in [1.165, 1.54) is 17.5 Å². The number of alkyl halides is 1. The quantitative estimate of drug-likeness (QED) is 0.839. The molecule has 0 spiro atoms. The van der Waals surface area contributed by atoms with E-state index < -0.39 is 5.67 Å². The van der Waals surface area contributed by atoms with Crippen LogP contribution in [0, 0.1) is 0 Å². The van der Waals surface area contributed by atoms with E-state index in [2.05, 4.69) is 24.3 Å². The lowest BCUT2D eigenvalue weighted by atomic mass is 9.76. The van der Waals surface area contributed by atoms with Gasteiger partial charge in [0.1, 0.15) is 5.67 Å². The molecular formula is C16H24FN. The largest absolute Gasteiger partial charge is 0.328 e. The molecule has 0 aliphatic heterocycles. The van der Waals surface area contributed by atoms with Crippen molar-refractivity contribution >= 4 is 0 Å². The lowest BCUT2D eigenvalue weighted by Gasteiger charge is -2.32. The average molecular weight is 249 g/mol. The van der Waals surface area contributed by atoms with Gasteiger partial charge in [-0.25, -0.2) is 4.39 Å². The maximum Gasteiger partial charge on any atom is 0.123 e. The minimum absolute atomic E-state index is 0.152. The molecule has 0 heterocycles. The number of nitrogens with two attached hydrogens (primary N) is 1. The molecule has 0 amide bonds. The van der Waals surface area contributed by atoms with Crippen LogP contribution < -0.4 is 5.73 Å². The van der Waals surface area contributed by atoms with Crippen LogP contribution in [0.2, 0.25) is 0 Å². The summed E-state index contributed by atoms with van der Waals surface area (Å²) in [5.74, 6) is 0.357. The van der Waals surface area contributed by atoms with E-state index in [1.807, 2.05) is 6.92 Å². The summed E-state index contributed by atoms with van der Waals surface area (Å²) in [7, 11) is 0. The molecular weight excluding hydrogens is 225 g/mol. The molecule has 1 aliphatic carbocycles. The highest BCUT2D eigenvalue weighted by Crippen LogP contribution is 2.39. The molecule has 1 aromatic rings. The summed E-state index contributed by atoms with van der Waals surface area (Å²) in [6.07, 6.45) is 5.46. The first-order chi connectivity index (χ1) is 8.68. The molecule has 1 aliphatic rings. The van der Waals surface area contributed by atoms with Gasteiger partial charge in [0.15, 0.2) is 0 Å². The summed E-state index contributed by atoms with van der Waals surface area (Å²) in [5.41, 5.74) is 7.24. The number of halogens is 1. The Balaban J connectivity index is 2.15. The number of hydrogen-bond acceptors (Lipinski definition) is 1. The highest BCUT2D eigenvalue weighted by Gasteiger charge is 2.32. The van der Waals surface area contributed by atoms with Crippen molar-refractivity contribution in [1.82, 2.24) is 0 Å². The van der Waals surface area contributed by atoms with Crippen molar-refractivity contribution < 1.29 is 4.39 Å². The zero-order valence-electron chi connectivity index (χ0n) is 11.3. The third-order valence-electron chi connectivity index (χ3n) is 4.17. The molecule has 0 saturated heterocycles. The first-order valence-corrected chi connectivity index (χ1v) is 7.15. The number of aryl methyl sites for hydroxylation is 1. The van der Waals surface area contributed by atoms with Gasteiger partial charge in [-0.2, -0.15) is 0 Å². The van der Waals surface area contributed by atoms with Crippen molar-refractivity contribution in [2.24, 2.45) is 5.73 Å². The summed E-state index contributed by atoms with van der Waals surface area (Å²) in [5, 5.41) is 0. The molecule has 2 atom stereocenters. The molecule has 1 aromatic carbocycles. The lowest BCUT2D eigenvalue weighted by Crippen LogP contribution is -2.35. The fraction of sp³-hybridized carbons (Fsp3) is 0.625. The van der Waals surface area contributed by atoms with Gasteiger partial charge in [-0.05, 0) is 49.1 Å². The Morgan fingerprint density at radius 1 is 1.39 bits per heavy atom. The van der Waals surface area contributed by atoms with E-state index in [9.17, 15) is 4.39 Å². The van der Waals surface area contributed by atoms with Crippen LogP contribution in [0.4, 0.5) is 4.39 Å². The number of hydrogen-bond donors (Lipinski definition) is 1. The van der Waals surface area contributed by atoms with Crippen molar-refractivity contribution in [1.29, 1.82) is 0 Å². The Morgan fingerprint density at radius 3 is 2.89 bits per heavy atom. The highest BCUT2D eigenvalue weighted by molar-refractivity contribution is 5.32. The van der Waals surface area contributed by atoms with Crippen LogP contribution in [0.25, 0.3) is 0 Å². The van der Waals surface area contributed by atoms with Crippen LogP contribution in [0.5, 0.6) is 0 Å². The predicted octanol–water partition coefficient (Wildman–Crippen LogP) is 3.96. The maximum absolute atomic E-state index is 14.7. The van der Waals surface area contributed by atoms with Crippen LogP contribution in [-0.4, -0.2) is 12.2 Å². The van der Waals surface area contributed by atoms with Gasteiger partial charge in [-0.3, -0.25) is 0 Å². The minimum Gasteiger partial charge on any atom is -0.328 e. The lowest BCUT2D eigenvalue weighted by molar-refractivity contribution is 0.130. The van der Waals surface area contributed by atoms with Gasteiger partial charge in [0.2, 0.25) is 0 Å². The van der Waals surface area contributed by atoms with E-state index in [4.69, 9.17) is 5.73 Å². The first-order valence-electron chi connectivity index (χ1n) is 7.15. The van der Waals surface area contributed by atoms with Crippen molar-refractivity contribution in [3.05, 3.63) is 35.4 Å². The van der Waals surface area contributed by atoms with Crippen LogP contribution in [-0.2, 0) is 6.42 Å². The molecule has 0 radical (unpaired) electrons. The zero-order chi connectivity index (χ0) is 13.0. The van der Waals surface area contributed by atoms with Gasteiger partial charge in [0.25, 0.3) is 0 Å². The predicted molar refractivity (Wildman–Crippen MR) is 74.5 cm³/mol. The molecule has 0 saturated carbocycles. The fourth-order valence-corrected chi connectivity index (χ4v) is 3.24. The molecule has 0 aromatic heterocycles. The van der Waals surface area contributed by atoms with Gasteiger partial charge < -0.3 is 5.73 Å². The molecule has 100 valence electrons. The zero-order valence-corrected chi connectivity index (χ0v) is 11.3. The third-order valence-corrected chi connectivity index (χ3v) is 4.17. The van der Waals surface area contributed by atoms with Crippen molar-refractivity contribution in [2.45, 2.75) is 57.0 Å². The van der Waals surface area contributed by atoms with E-state index in [-0.39, 0.29) is 6.54 Å². The van der Waals surface area contributed by atoms with Gasteiger partial charge in [-0.15, -0.1) is 0 Å². The van der Waals surface area contributed by atoms with Crippen LogP contribution >= 0.6 is 0 Å². The molecule has 2 unspecified atom stereocenters. The van der Waals surface area contributed by atoms with Gasteiger partial charge in [0.05, 0.1) is 0 Å². The van der Waals surface area contributed by atoms with Crippen LogP contribution in [0.3, 0.4) is 0 Å². The smallest absolute Gasteiger partial charge is 0.123 e. The molecule has 18 heavy (non-hydrogen) atoms. The third kappa shape index (κ3) is 2.92. The Kier molecular flexibility index (Phi) is 4.39. The number of fused-ring (bicyclic) bond motifs is 1. The second kappa shape index (κ2) is 5.83. The topological polar surface area (TPSA) is 26.0 Å². The molecule has 2 N–H and O–H groups in total. The Labute approximate surface area is 110 Å². The molecule has 1 nitrogen and oxygen atoms in total. The Bertz CT molecular complexity index is 390. The van der Waals surface area contributed by atoms with E-state index >= 15 is 0 Å². The highest BCUT2D eigenvalue weighted by atomic mass is 19.1. The van der Waals surface area contributed by atoms with Gasteiger partial charge >= 0.3 is 0 Å². The van der Waals surface area contributed by atoms with Crippen LogP contribution in [0.15, 0.2) is 24.3 Å². The summed E-state index contributed by atoms with van der Waals surface area (Å²) >= 11 is 0. The molecule has 2 rings (SSSR count). The number of rotatable bonds is 5. The number of benzene rings is 1. The molecule has 2 heteroatoms. The molecule has 0 fully saturated rings. The van der Waals surface area contributed by atoms with E-state index in [0.717, 1.165) is 19.3 Å². The van der Waals surface area contributed by atoms with Crippen molar-refractivity contribution in [3.8, 4) is 0 Å². The minimum atomic E-state index is -1.18. The second-order valence-electron chi connectivity index (χ2n) is 5.60. The van der Waals surface area contributed by atoms with E-state index in [0.29, 0.717) is 18.8 Å². The monoisotopic (exact) mass is 249 g/mol. The average Bonchev–Trinajstić information content (AvgIpc) is 2.39. The van der Waals surface area contributed by atoms with Crippen molar-refractivity contribution in [2.75, 3.05) is 6.54 Å². The fourth-order valence-electron chi connectivity index (χ4n) is 3.24. The molecule has 0 bridgehead atoms. The Morgan fingerprint density at radius 2 is 2.17 bits per heavy atom. The van der Waals surface area contributed by atoms with Gasteiger partial charge in [0, 0.05) is 6.54 Å². The first kappa shape index (κ1) is 13.5. The summed E-state index contributed by atoms with van der Waals surface area (Å²) in [4.78, 5) is 0. The summed E-state index contributed by atoms with van der Waals surface area (Å²) in [6, 6.07) is 8.50. The van der Waals surface area contributed by atoms with Crippen molar-refractivity contribution in [3.63, 3.8) is 0 Å². The maximum atomic E-state index is 14.7.